The first-order valence-electron chi connectivity index (χ1n) is 7.11. The van der Waals surface area contributed by atoms with E-state index in [9.17, 15) is 4.79 Å². The zero-order valence-electron chi connectivity index (χ0n) is 12.0. The quantitative estimate of drug-likeness (QED) is 0.431. The maximum absolute atomic E-state index is 11.5. The lowest BCUT2D eigenvalue weighted by molar-refractivity contribution is -0.121. The van der Waals surface area contributed by atoms with Gasteiger partial charge in [0.1, 0.15) is 0 Å². The number of hydrogen-bond donors (Lipinski definition) is 1. The highest BCUT2D eigenvalue weighted by Crippen LogP contribution is 2.04. The molecule has 0 aliphatic rings. The van der Waals surface area contributed by atoms with Crippen LogP contribution in [0.4, 0.5) is 0 Å². The molecule has 0 atom stereocenters. The van der Waals surface area contributed by atoms with Gasteiger partial charge in [0.25, 0.3) is 0 Å². The van der Waals surface area contributed by atoms with E-state index in [0.29, 0.717) is 6.42 Å². The van der Waals surface area contributed by atoms with Gasteiger partial charge in [-0.25, -0.2) is 5.43 Å². The monoisotopic (exact) mass is 260 g/mol. The van der Waals surface area contributed by atoms with Crippen molar-refractivity contribution in [2.45, 2.75) is 52.4 Å². The summed E-state index contributed by atoms with van der Waals surface area (Å²) in [5, 5.41) is 3.96. The van der Waals surface area contributed by atoms with Gasteiger partial charge >= 0.3 is 0 Å². The highest BCUT2D eigenvalue weighted by molar-refractivity contribution is 5.82. The average Bonchev–Trinajstić information content (AvgIpc) is 2.41. The molecule has 19 heavy (non-hydrogen) atoms. The minimum absolute atomic E-state index is 0.000129. The van der Waals surface area contributed by atoms with Crippen LogP contribution in [-0.4, -0.2) is 12.1 Å². The number of hydrogen-bond acceptors (Lipinski definition) is 2. The third-order valence-corrected chi connectivity index (χ3v) is 2.99. The number of nitrogens with one attached hydrogen (secondary N) is 1. The summed E-state index contributed by atoms with van der Waals surface area (Å²) in [4.78, 5) is 11.5. The minimum Gasteiger partial charge on any atom is -0.273 e. The van der Waals surface area contributed by atoms with E-state index < -0.39 is 0 Å². The Kier molecular flexibility index (Phi) is 7.56. The summed E-state index contributed by atoms with van der Waals surface area (Å²) < 4.78 is 0. The van der Waals surface area contributed by atoms with E-state index in [1.807, 2.05) is 31.2 Å². The summed E-state index contributed by atoms with van der Waals surface area (Å²) in [7, 11) is 0. The van der Waals surface area contributed by atoms with Crippen molar-refractivity contribution in [1.82, 2.24) is 5.43 Å². The Morgan fingerprint density at radius 2 is 1.84 bits per heavy atom. The number of unbranched alkanes of at least 4 members (excludes halogenated alkanes) is 4. The maximum atomic E-state index is 11.5. The molecule has 0 saturated carbocycles. The number of carbonyl (C=O) groups excluding carboxylic acids is 1. The van der Waals surface area contributed by atoms with Crippen LogP contribution in [0.2, 0.25) is 0 Å². The summed E-state index contributed by atoms with van der Waals surface area (Å²) in [5.41, 5.74) is 4.78. The van der Waals surface area contributed by atoms with Crippen molar-refractivity contribution >= 4 is 12.1 Å². The smallest absolute Gasteiger partial charge is 0.240 e. The molecule has 3 heteroatoms. The number of carbonyl (C=O) groups is 1. The molecule has 0 saturated heterocycles. The highest BCUT2D eigenvalue weighted by Gasteiger charge is 1.98. The van der Waals surface area contributed by atoms with Gasteiger partial charge in [0.05, 0.1) is 6.21 Å². The van der Waals surface area contributed by atoms with Crippen LogP contribution in [0.25, 0.3) is 0 Å². The lowest BCUT2D eigenvalue weighted by Crippen LogP contribution is -2.16. The second-order valence-corrected chi connectivity index (χ2v) is 4.87. The third kappa shape index (κ3) is 7.39. The van der Waals surface area contributed by atoms with Crippen LogP contribution in [0.5, 0.6) is 0 Å². The van der Waals surface area contributed by atoms with Crippen LogP contribution in [0.15, 0.2) is 29.4 Å². The molecule has 1 rings (SSSR count). The van der Waals surface area contributed by atoms with Crippen LogP contribution in [-0.2, 0) is 4.79 Å². The number of nitrogens with zero attached hydrogens (tertiary/aromatic N) is 1. The van der Waals surface area contributed by atoms with E-state index in [1.54, 1.807) is 6.21 Å². The first-order valence-corrected chi connectivity index (χ1v) is 7.11. The number of aryl methyl sites for hydroxylation is 1. The van der Waals surface area contributed by atoms with Crippen LogP contribution < -0.4 is 5.43 Å². The third-order valence-electron chi connectivity index (χ3n) is 2.99. The standard InChI is InChI=1S/C16H24N2O/c1-3-4-5-6-7-8-16(19)18-17-13-15-11-9-14(2)10-12-15/h9-13H,3-8H2,1-2H3,(H,18,19)/b17-13+. The molecule has 1 aromatic carbocycles. The van der Waals surface area contributed by atoms with Crippen molar-refractivity contribution in [3.8, 4) is 0 Å². The first kappa shape index (κ1) is 15.4. The molecule has 0 aliphatic heterocycles. The lowest BCUT2D eigenvalue weighted by Gasteiger charge is -2.00. The van der Waals surface area contributed by atoms with E-state index >= 15 is 0 Å². The van der Waals surface area contributed by atoms with E-state index in [4.69, 9.17) is 0 Å². The topological polar surface area (TPSA) is 41.5 Å². The second-order valence-electron chi connectivity index (χ2n) is 4.87. The molecule has 1 amide bonds. The fourth-order valence-electron chi connectivity index (χ4n) is 1.78. The Balaban J connectivity index is 2.17. The van der Waals surface area contributed by atoms with Crippen LogP contribution in [0.1, 0.15) is 56.6 Å². The number of benzene rings is 1. The van der Waals surface area contributed by atoms with Gasteiger partial charge in [-0.15, -0.1) is 0 Å². The molecule has 0 bridgehead atoms. The SMILES string of the molecule is CCCCCCCC(=O)N/N=C/c1ccc(C)cc1. The van der Waals surface area contributed by atoms with Crippen LogP contribution >= 0.6 is 0 Å². The molecule has 3 nitrogen and oxygen atoms in total. The van der Waals surface area contributed by atoms with Gasteiger partial charge < -0.3 is 0 Å². The Labute approximate surface area is 116 Å². The van der Waals surface area contributed by atoms with Crippen molar-refractivity contribution in [2.24, 2.45) is 5.10 Å². The number of amides is 1. The molecule has 0 spiro atoms. The Morgan fingerprint density at radius 3 is 2.53 bits per heavy atom. The van der Waals surface area contributed by atoms with Crippen molar-refractivity contribution < 1.29 is 4.79 Å². The maximum Gasteiger partial charge on any atom is 0.240 e. The van der Waals surface area contributed by atoms with Gasteiger partial charge in [0, 0.05) is 6.42 Å². The molecule has 0 aliphatic carbocycles. The predicted molar refractivity (Wildman–Crippen MR) is 80.3 cm³/mol. The highest BCUT2D eigenvalue weighted by atomic mass is 16.2. The molecule has 0 radical (unpaired) electrons. The summed E-state index contributed by atoms with van der Waals surface area (Å²) in [6, 6.07) is 8.01. The summed E-state index contributed by atoms with van der Waals surface area (Å²) in [6.07, 6.45) is 8.02. The van der Waals surface area contributed by atoms with Gasteiger partial charge in [0.2, 0.25) is 5.91 Å². The average molecular weight is 260 g/mol. The van der Waals surface area contributed by atoms with Gasteiger partial charge in [0.15, 0.2) is 0 Å². The van der Waals surface area contributed by atoms with Crippen molar-refractivity contribution in [1.29, 1.82) is 0 Å². The lowest BCUT2D eigenvalue weighted by atomic mass is 10.1. The van der Waals surface area contributed by atoms with Gasteiger partial charge in [-0.05, 0) is 18.9 Å². The zero-order valence-corrected chi connectivity index (χ0v) is 12.0. The fraction of sp³-hybridized carbons (Fsp3) is 0.500. The van der Waals surface area contributed by atoms with Crippen LogP contribution in [0.3, 0.4) is 0 Å². The van der Waals surface area contributed by atoms with Crippen LogP contribution in [0, 0.1) is 6.92 Å². The van der Waals surface area contributed by atoms with E-state index in [1.165, 1.54) is 24.8 Å². The number of rotatable bonds is 8. The molecular formula is C16H24N2O. The molecule has 0 unspecified atom stereocenters. The summed E-state index contributed by atoms with van der Waals surface area (Å²) in [5.74, 6) is -0.000129. The molecule has 0 aromatic heterocycles. The summed E-state index contributed by atoms with van der Waals surface area (Å²) >= 11 is 0. The summed E-state index contributed by atoms with van der Waals surface area (Å²) in [6.45, 7) is 4.23. The predicted octanol–water partition coefficient (Wildman–Crippen LogP) is 3.81. The van der Waals surface area contributed by atoms with E-state index in [0.717, 1.165) is 18.4 Å². The first-order chi connectivity index (χ1) is 9.22. The van der Waals surface area contributed by atoms with E-state index in [2.05, 4.69) is 17.5 Å². The molecule has 0 fully saturated rings. The molecule has 104 valence electrons. The zero-order chi connectivity index (χ0) is 13.9. The molecule has 1 N–H and O–H groups in total. The molecular weight excluding hydrogens is 236 g/mol. The molecule has 1 aromatic rings. The largest absolute Gasteiger partial charge is 0.273 e. The van der Waals surface area contributed by atoms with Crippen molar-refractivity contribution in [2.75, 3.05) is 0 Å². The van der Waals surface area contributed by atoms with E-state index in [-0.39, 0.29) is 5.91 Å². The van der Waals surface area contributed by atoms with Gasteiger partial charge in [-0.3, -0.25) is 4.79 Å². The fourth-order valence-corrected chi connectivity index (χ4v) is 1.78. The normalized spacial score (nSPS) is 10.8. The van der Waals surface area contributed by atoms with Crippen molar-refractivity contribution in [3.63, 3.8) is 0 Å². The Hall–Kier alpha value is -1.64. The van der Waals surface area contributed by atoms with Gasteiger partial charge in [-0.2, -0.15) is 5.10 Å². The Bertz CT molecular complexity index is 396. The Morgan fingerprint density at radius 1 is 1.16 bits per heavy atom. The van der Waals surface area contributed by atoms with Gasteiger partial charge in [-0.1, -0.05) is 62.4 Å². The minimum atomic E-state index is -0.000129. The second kappa shape index (κ2) is 9.31. The van der Waals surface area contributed by atoms with Crippen molar-refractivity contribution in [3.05, 3.63) is 35.4 Å². The molecule has 0 heterocycles. The number of hydrazone groups is 1.